The molecule has 0 aliphatic carbocycles. The van der Waals surface area contributed by atoms with Gasteiger partial charge in [0.05, 0.1) is 5.69 Å². The number of amides is 1. The maximum atomic E-state index is 13.9. The fraction of sp³-hybridized carbons (Fsp3) is 0.200. The minimum Gasteiger partial charge on any atom is -0.311 e. The predicted octanol–water partition coefficient (Wildman–Crippen LogP) is 1.35. The van der Waals surface area contributed by atoms with Crippen molar-refractivity contribution in [1.29, 1.82) is 5.26 Å². The molecule has 1 atom stereocenters. The van der Waals surface area contributed by atoms with Gasteiger partial charge in [-0.15, -0.1) is 0 Å². The van der Waals surface area contributed by atoms with Gasteiger partial charge < -0.3 is 4.90 Å². The Labute approximate surface area is 80.4 Å². The Bertz CT molecular complexity index is 452. The maximum absolute atomic E-state index is 13.9. The zero-order valence-corrected chi connectivity index (χ0v) is 7.49. The van der Waals surface area contributed by atoms with Crippen LogP contribution in [0.4, 0.5) is 10.1 Å². The van der Waals surface area contributed by atoms with E-state index >= 15 is 0 Å². The van der Waals surface area contributed by atoms with Gasteiger partial charge in [-0.3, -0.25) is 4.79 Å². The summed E-state index contributed by atoms with van der Waals surface area (Å²) in [6.45, 7) is 0. The number of fused-ring (bicyclic) bond motifs is 1. The standard InChI is InChI=1S/C10H7FN2O/c1-13-8-5-3-2-4-7(8)10(11,6-12)9(13)14/h2-5H,1H3. The van der Waals surface area contributed by atoms with Crippen LogP contribution in [-0.4, -0.2) is 13.0 Å². The van der Waals surface area contributed by atoms with Gasteiger partial charge in [0.2, 0.25) is 0 Å². The second kappa shape index (κ2) is 2.55. The van der Waals surface area contributed by atoms with Crippen molar-refractivity contribution in [2.24, 2.45) is 0 Å². The summed E-state index contributed by atoms with van der Waals surface area (Å²) in [4.78, 5) is 12.6. The Morgan fingerprint density at radius 3 is 2.79 bits per heavy atom. The summed E-state index contributed by atoms with van der Waals surface area (Å²) < 4.78 is 13.9. The molecule has 4 heteroatoms. The number of hydrogen-bond acceptors (Lipinski definition) is 2. The Hall–Kier alpha value is -1.89. The normalized spacial score (nSPS) is 24.6. The quantitative estimate of drug-likeness (QED) is 0.619. The number of para-hydroxylation sites is 1. The van der Waals surface area contributed by atoms with E-state index in [1.54, 1.807) is 18.2 Å². The molecular formula is C10H7FN2O. The van der Waals surface area contributed by atoms with E-state index in [0.29, 0.717) is 5.69 Å². The molecule has 3 nitrogen and oxygen atoms in total. The van der Waals surface area contributed by atoms with Gasteiger partial charge in [-0.05, 0) is 6.07 Å². The number of carbonyl (C=O) groups excluding carboxylic acids is 1. The number of benzene rings is 1. The lowest BCUT2D eigenvalue weighted by molar-refractivity contribution is -0.125. The van der Waals surface area contributed by atoms with Crippen molar-refractivity contribution in [3.8, 4) is 6.07 Å². The molecule has 1 aliphatic rings. The van der Waals surface area contributed by atoms with Gasteiger partial charge in [-0.1, -0.05) is 18.2 Å². The summed E-state index contributed by atoms with van der Waals surface area (Å²) in [6.07, 6.45) is 0. The maximum Gasteiger partial charge on any atom is 0.300 e. The Balaban J connectivity index is 2.73. The zero-order valence-electron chi connectivity index (χ0n) is 7.49. The fourth-order valence-electron chi connectivity index (χ4n) is 1.62. The lowest BCUT2D eigenvalue weighted by Crippen LogP contribution is -2.33. The van der Waals surface area contributed by atoms with E-state index in [-0.39, 0.29) is 5.56 Å². The molecule has 0 radical (unpaired) electrons. The Kier molecular flexibility index (Phi) is 1.58. The molecule has 0 fully saturated rings. The molecule has 14 heavy (non-hydrogen) atoms. The average Bonchev–Trinajstić information content (AvgIpc) is 2.43. The van der Waals surface area contributed by atoms with E-state index in [0.717, 1.165) is 0 Å². The summed E-state index contributed by atoms with van der Waals surface area (Å²) in [7, 11) is 1.46. The van der Waals surface area contributed by atoms with Crippen LogP contribution in [0.15, 0.2) is 24.3 Å². The Morgan fingerprint density at radius 2 is 2.14 bits per heavy atom. The molecule has 1 aromatic rings. The molecule has 0 aromatic heterocycles. The highest BCUT2D eigenvalue weighted by Gasteiger charge is 2.51. The number of likely N-dealkylation sites (N-methyl/N-ethyl adjacent to an activating group) is 1. The summed E-state index contributed by atoms with van der Waals surface area (Å²) in [5, 5.41) is 8.69. The van der Waals surface area contributed by atoms with E-state index in [1.807, 2.05) is 0 Å². The predicted molar refractivity (Wildman–Crippen MR) is 48.3 cm³/mol. The van der Waals surface area contributed by atoms with Crippen molar-refractivity contribution in [3.05, 3.63) is 29.8 Å². The number of nitrogens with zero attached hydrogens (tertiary/aromatic N) is 2. The molecule has 1 heterocycles. The van der Waals surface area contributed by atoms with Gasteiger partial charge in [0.15, 0.2) is 0 Å². The van der Waals surface area contributed by atoms with E-state index < -0.39 is 11.6 Å². The molecule has 0 spiro atoms. The Morgan fingerprint density at radius 1 is 1.50 bits per heavy atom. The third-order valence-corrected chi connectivity index (χ3v) is 2.39. The monoisotopic (exact) mass is 190 g/mol. The molecule has 1 aliphatic heterocycles. The number of alkyl halides is 1. The van der Waals surface area contributed by atoms with Gasteiger partial charge in [0.1, 0.15) is 6.07 Å². The summed E-state index contributed by atoms with van der Waals surface area (Å²) >= 11 is 0. The first-order chi connectivity index (χ1) is 6.61. The second-order valence-electron chi connectivity index (χ2n) is 3.15. The van der Waals surface area contributed by atoms with E-state index in [1.165, 1.54) is 24.1 Å². The highest BCUT2D eigenvalue weighted by Crippen LogP contribution is 2.41. The number of carbonyl (C=O) groups is 1. The first-order valence-corrected chi connectivity index (χ1v) is 4.09. The van der Waals surface area contributed by atoms with Crippen LogP contribution < -0.4 is 4.90 Å². The SMILES string of the molecule is CN1C(=O)C(F)(C#N)c2ccccc21. The summed E-state index contributed by atoms with van der Waals surface area (Å²) in [5.41, 5.74) is -1.91. The zero-order chi connectivity index (χ0) is 10.3. The van der Waals surface area contributed by atoms with Crippen molar-refractivity contribution < 1.29 is 9.18 Å². The van der Waals surface area contributed by atoms with Crippen LogP contribution >= 0.6 is 0 Å². The molecule has 1 aromatic carbocycles. The third kappa shape index (κ3) is 0.814. The molecule has 0 saturated heterocycles. The van der Waals surface area contributed by atoms with E-state index in [2.05, 4.69) is 0 Å². The second-order valence-corrected chi connectivity index (χ2v) is 3.15. The van der Waals surface area contributed by atoms with Crippen molar-refractivity contribution in [2.75, 3.05) is 11.9 Å². The van der Waals surface area contributed by atoms with Gasteiger partial charge >= 0.3 is 5.67 Å². The largest absolute Gasteiger partial charge is 0.311 e. The van der Waals surface area contributed by atoms with E-state index in [9.17, 15) is 9.18 Å². The minimum atomic E-state index is -2.51. The number of hydrogen-bond donors (Lipinski definition) is 0. The van der Waals surface area contributed by atoms with Crippen LogP contribution in [0.2, 0.25) is 0 Å². The van der Waals surface area contributed by atoms with Crippen LogP contribution in [0.25, 0.3) is 0 Å². The first kappa shape index (κ1) is 8.70. The topological polar surface area (TPSA) is 44.1 Å². The van der Waals surface area contributed by atoms with Gasteiger partial charge in [-0.2, -0.15) is 5.26 Å². The number of nitriles is 1. The lowest BCUT2D eigenvalue weighted by Gasteiger charge is -2.09. The lowest BCUT2D eigenvalue weighted by atomic mass is 9.99. The van der Waals surface area contributed by atoms with Crippen molar-refractivity contribution in [2.45, 2.75) is 5.67 Å². The van der Waals surface area contributed by atoms with Crippen LogP contribution in [-0.2, 0) is 10.5 Å². The molecule has 1 amide bonds. The highest BCUT2D eigenvalue weighted by atomic mass is 19.1. The van der Waals surface area contributed by atoms with Crippen molar-refractivity contribution in [3.63, 3.8) is 0 Å². The average molecular weight is 190 g/mol. The smallest absolute Gasteiger partial charge is 0.300 e. The van der Waals surface area contributed by atoms with Gasteiger partial charge in [-0.25, -0.2) is 4.39 Å². The van der Waals surface area contributed by atoms with Crippen molar-refractivity contribution in [1.82, 2.24) is 0 Å². The van der Waals surface area contributed by atoms with Crippen molar-refractivity contribution >= 4 is 11.6 Å². The van der Waals surface area contributed by atoms with Crippen LogP contribution in [0.3, 0.4) is 0 Å². The third-order valence-electron chi connectivity index (χ3n) is 2.39. The van der Waals surface area contributed by atoms with Gasteiger partial charge in [0.25, 0.3) is 5.91 Å². The molecule has 0 saturated carbocycles. The molecule has 0 N–H and O–H groups in total. The van der Waals surface area contributed by atoms with Crippen LogP contribution in [0.5, 0.6) is 0 Å². The van der Waals surface area contributed by atoms with Crippen LogP contribution in [0, 0.1) is 11.3 Å². The highest BCUT2D eigenvalue weighted by molar-refractivity contribution is 6.08. The summed E-state index contributed by atoms with van der Waals surface area (Å²) in [5.74, 6) is -0.818. The number of rotatable bonds is 0. The molecular weight excluding hydrogens is 183 g/mol. The number of halogens is 1. The molecule has 70 valence electrons. The summed E-state index contributed by atoms with van der Waals surface area (Å²) in [6, 6.07) is 7.80. The molecule has 2 rings (SSSR count). The molecule has 0 bridgehead atoms. The van der Waals surface area contributed by atoms with Gasteiger partial charge in [0, 0.05) is 12.6 Å². The van der Waals surface area contributed by atoms with E-state index in [4.69, 9.17) is 5.26 Å². The first-order valence-electron chi connectivity index (χ1n) is 4.09. The minimum absolute atomic E-state index is 0.134. The number of anilines is 1. The molecule has 1 unspecified atom stereocenters. The van der Waals surface area contributed by atoms with Crippen LogP contribution in [0.1, 0.15) is 5.56 Å². The fourth-order valence-corrected chi connectivity index (χ4v) is 1.62.